The first kappa shape index (κ1) is 34.7. The number of sulfone groups is 1. The van der Waals surface area contributed by atoms with Crippen LogP contribution in [0, 0.1) is 11.3 Å². The summed E-state index contributed by atoms with van der Waals surface area (Å²) in [5.74, 6) is -0.944. The van der Waals surface area contributed by atoms with Gasteiger partial charge in [0.15, 0.2) is 9.84 Å². The molecule has 2 fully saturated rings. The quantitative estimate of drug-likeness (QED) is 0.313. The van der Waals surface area contributed by atoms with Gasteiger partial charge in [0.25, 0.3) is 0 Å². The summed E-state index contributed by atoms with van der Waals surface area (Å²) in [6.45, 7) is 10.9. The lowest BCUT2D eigenvalue weighted by Crippen LogP contribution is -2.59. The molecule has 0 bridgehead atoms. The van der Waals surface area contributed by atoms with E-state index >= 15 is 0 Å². The van der Waals surface area contributed by atoms with Crippen molar-refractivity contribution in [2.24, 2.45) is 11.3 Å². The molecule has 0 aliphatic carbocycles. The van der Waals surface area contributed by atoms with Crippen molar-refractivity contribution in [3.63, 3.8) is 0 Å². The van der Waals surface area contributed by atoms with Crippen LogP contribution in [0.3, 0.4) is 0 Å². The molecule has 0 radical (unpaired) electrons. The molecule has 10 heteroatoms. The SMILES string of the molecule is CC(C)[C@@H](CS(=O)(=O)C(C)C)N1C(=O)[C@@](C)(CC(=O)NC2CCN(C)CC2)C[C@H](c2cccc(Cl)c2)[C@H]1c1ccc(Cl)cc1. The number of carbonyl (C=O) groups excluding carboxylic acids is 2. The first-order valence-corrected chi connectivity index (χ1v) is 18.1. The first-order chi connectivity index (χ1) is 20.6. The monoisotopic (exact) mass is 663 g/mol. The van der Waals surface area contributed by atoms with Crippen LogP contribution in [0.1, 0.15) is 83.4 Å². The Hall–Kier alpha value is -2.13. The highest BCUT2D eigenvalue weighted by atomic mass is 35.5. The van der Waals surface area contributed by atoms with Gasteiger partial charge in [0.2, 0.25) is 11.8 Å². The van der Waals surface area contributed by atoms with Crippen molar-refractivity contribution in [1.82, 2.24) is 15.1 Å². The summed E-state index contributed by atoms with van der Waals surface area (Å²) in [5.41, 5.74) is 0.726. The van der Waals surface area contributed by atoms with Crippen LogP contribution >= 0.6 is 23.2 Å². The fourth-order valence-corrected chi connectivity index (χ4v) is 8.45. The Kier molecular flexibility index (Phi) is 11.1. The Morgan fingerprint density at radius 2 is 1.64 bits per heavy atom. The Morgan fingerprint density at radius 1 is 1.00 bits per heavy atom. The number of nitrogens with zero attached hydrogens (tertiary/aromatic N) is 2. The fraction of sp³-hybridized carbons (Fsp3) is 0.588. The lowest BCUT2D eigenvalue weighted by molar-refractivity contribution is -0.158. The number of rotatable bonds is 10. The zero-order valence-electron chi connectivity index (χ0n) is 26.7. The third kappa shape index (κ3) is 7.98. The molecule has 242 valence electrons. The van der Waals surface area contributed by atoms with Crippen LogP contribution in [0.5, 0.6) is 0 Å². The van der Waals surface area contributed by atoms with E-state index in [0.29, 0.717) is 16.5 Å². The van der Waals surface area contributed by atoms with Crippen molar-refractivity contribution in [2.75, 3.05) is 25.9 Å². The van der Waals surface area contributed by atoms with Crippen LogP contribution < -0.4 is 5.32 Å². The molecule has 2 saturated heterocycles. The summed E-state index contributed by atoms with van der Waals surface area (Å²) >= 11 is 12.8. The van der Waals surface area contributed by atoms with Gasteiger partial charge in [0.1, 0.15) is 0 Å². The van der Waals surface area contributed by atoms with E-state index in [2.05, 4.69) is 17.3 Å². The first-order valence-electron chi connectivity index (χ1n) is 15.6. The van der Waals surface area contributed by atoms with E-state index in [9.17, 15) is 18.0 Å². The van der Waals surface area contributed by atoms with Crippen molar-refractivity contribution < 1.29 is 18.0 Å². The molecule has 1 N–H and O–H groups in total. The number of hydrogen-bond donors (Lipinski definition) is 1. The van der Waals surface area contributed by atoms with Gasteiger partial charge in [0, 0.05) is 34.5 Å². The Morgan fingerprint density at radius 3 is 2.20 bits per heavy atom. The summed E-state index contributed by atoms with van der Waals surface area (Å²) in [7, 11) is -1.44. The highest BCUT2D eigenvalue weighted by Crippen LogP contribution is 2.52. The zero-order chi connectivity index (χ0) is 32.4. The maximum absolute atomic E-state index is 14.9. The molecule has 2 aliphatic heterocycles. The molecule has 2 aliphatic rings. The van der Waals surface area contributed by atoms with Gasteiger partial charge in [-0.05, 0) is 94.6 Å². The van der Waals surface area contributed by atoms with Crippen LogP contribution in [0.15, 0.2) is 48.5 Å². The van der Waals surface area contributed by atoms with E-state index in [4.69, 9.17) is 23.2 Å². The standard InChI is InChI=1S/C34H47Cl2N3O4S/c1-22(2)30(21-44(42,43)23(3)4)39-32(24-10-12-26(35)13-11-24)29(25-8-7-9-27(36)18-25)19-34(5,33(39)41)20-31(40)37-28-14-16-38(6)17-15-28/h7-13,18,22-23,28-30,32H,14-17,19-21H2,1-6H3,(H,37,40)/t29-,30-,32-,34-/m1/s1. The van der Waals surface area contributed by atoms with E-state index in [0.717, 1.165) is 37.1 Å². The third-order valence-corrected chi connectivity index (χ3v) is 12.2. The molecule has 44 heavy (non-hydrogen) atoms. The number of hydrogen-bond acceptors (Lipinski definition) is 5. The summed E-state index contributed by atoms with van der Waals surface area (Å²) in [6.07, 6.45) is 2.15. The molecule has 2 heterocycles. The van der Waals surface area contributed by atoms with Crippen LogP contribution in [0.2, 0.25) is 10.0 Å². The number of piperidine rings is 2. The van der Waals surface area contributed by atoms with Crippen LogP contribution in [0.25, 0.3) is 0 Å². The van der Waals surface area contributed by atoms with Gasteiger partial charge < -0.3 is 15.1 Å². The molecule has 0 unspecified atom stereocenters. The number of amides is 2. The van der Waals surface area contributed by atoms with Crippen molar-refractivity contribution in [1.29, 1.82) is 0 Å². The minimum Gasteiger partial charge on any atom is -0.353 e. The molecule has 0 spiro atoms. The molecular weight excluding hydrogens is 617 g/mol. The number of carbonyl (C=O) groups is 2. The van der Waals surface area contributed by atoms with Crippen molar-refractivity contribution in [2.45, 2.75) is 89.6 Å². The van der Waals surface area contributed by atoms with E-state index < -0.39 is 32.6 Å². The van der Waals surface area contributed by atoms with Gasteiger partial charge in [0.05, 0.1) is 22.5 Å². The number of halogens is 2. The van der Waals surface area contributed by atoms with Gasteiger partial charge >= 0.3 is 0 Å². The van der Waals surface area contributed by atoms with Crippen molar-refractivity contribution >= 4 is 44.9 Å². The molecule has 0 saturated carbocycles. The summed E-state index contributed by atoms with van der Waals surface area (Å²) in [4.78, 5) is 32.5. The van der Waals surface area contributed by atoms with Crippen LogP contribution in [-0.2, 0) is 19.4 Å². The molecular formula is C34H47Cl2N3O4S. The average molecular weight is 665 g/mol. The molecule has 2 amide bonds. The summed E-state index contributed by atoms with van der Waals surface area (Å²) < 4.78 is 26.8. The molecule has 2 aromatic rings. The maximum atomic E-state index is 14.9. The van der Waals surface area contributed by atoms with E-state index in [1.807, 2.05) is 57.2 Å². The topological polar surface area (TPSA) is 86.8 Å². The van der Waals surface area contributed by atoms with Gasteiger partial charge in [-0.2, -0.15) is 0 Å². The van der Waals surface area contributed by atoms with Gasteiger partial charge in [-0.25, -0.2) is 8.42 Å². The molecule has 4 atom stereocenters. The lowest BCUT2D eigenvalue weighted by Gasteiger charge is -2.53. The second-order valence-electron chi connectivity index (χ2n) is 13.6. The second-order valence-corrected chi connectivity index (χ2v) is 17.1. The largest absolute Gasteiger partial charge is 0.353 e. The van der Waals surface area contributed by atoms with E-state index in [1.165, 1.54) is 0 Å². The Bertz CT molecular complexity index is 1420. The fourth-order valence-electron chi connectivity index (χ4n) is 6.72. The number of nitrogens with one attached hydrogen (secondary N) is 1. The maximum Gasteiger partial charge on any atom is 0.229 e. The lowest BCUT2D eigenvalue weighted by atomic mass is 9.66. The normalized spacial score (nSPS) is 24.6. The highest BCUT2D eigenvalue weighted by Gasteiger charge is 2.53. The minimum absolute atomic E-state index is 0.0147. The van der Waals surface area contributed by atoms with Gasteiger partial charge in [-0.3, -0.25) is 9.59 Å². The minimum atomic E-state index is -3.52. The zero-order valence-corrected chi connectivity index (χ0v) is 29.1. The Labute approximate surface area is 273 Å². The van der Waals surface area contributed by atoms with Gasteiger partial charge in [-0.1, -0.05) is 68.2 Å². The van der Waals surface area contributed by atoms with E-state index in [-0.39, 0.29) is 41.9 Å². The molecule has 7 nitrogen and oxygen atoms in total. The smallest absolute Gasteiger partial charge is 0.229 e. The van der Waals surface area contributed by atoms with Crippen LogP contribution in [0.4, 0.5) is 0 Å². The van der Waals surface area contributed by atoms with Crippen molar-refractivity contribution in [3.05, 3.63) is 69.7 Å². The molecule has 2 aromatic carbocycles. The summed E-state index contributed by atoms with van der Waals surface area (Å²) in [6, 6.07) is 14.0. The predicted molar refractivity (Wildman–Crippen MR) is 179 cm³/mol. The summed E-state index contributed by atoms with van der Waals surface area (Å²) in [5, 5.41) is 3.75. The number of likely N-dealkylation sites (tertiary alicyclic amines) is 2. The van der Waals surface area contributed by atoms with Crippen LogP contribution in [-0.4, -0.2) is 73.3 Å². The molecule has 4 rings (SSSR count). The highest BCUT2D eigenvalue weighted by molar-refractivity contribution is 7.92. The second kappa shape index (κ2) is 14.1. The Balaban J connectivity index is 1.83. The van der Waals surface area contributed by atoms with Gasteiger partial charge in [-0.15, -0.1) is 0 Å². The average Bonchev–Trinajstić information content (AvgIpc) is 2.95. The third-order valence-electron chi connectivity index (χ3n) is 9.47. The predicted octanol–water partition coefficient (Wildman–Crippen LogP) is 6.51. The van der Waals surface area contributed by atoms with Crippen molar-refractivity contribution in [3.8, 4) is 0 Å². The van der Waals surface area contributed by atoms with E-state index in [1.54, 1.807) is 30.9 Å². The number of benzene rings is 2. The molecule has 0 aromatic heterocycles.